The largest absolute Gasteiger partial charge is 0.340 e. The van der Waals surface area contributed by atoms with Gasteiger partial charge < -0.3 is 9.88 Å². The molecule has 198 valence electrons. The van der Waals surface area contributed by atoms with Crippen molar-refractivity contribution in [3.63, 3.8) is 0 Å². The summed E-state index contributed by atoms with van der Waals surface area (Å²) in [7, 11) is 0. The number of amides is 3. The van der Waals surface area contributed by atoms with Gasteiger partial charge in [-0.3, -0.25) is 19.3 Å². The van der Waals surface area contributed by atoms with Gasteiger partial charge in [-0.1, -0.05) is 62.4 Å². The number of imide groups is 1. The first-order chi connectivity index (χ1) is 18.7. The van der Waals surface area contributed by atoms with Crippen molar-refractivity contribution in [3.05, 3.63) is 106 Å². The quantitative estimate of drug-likeness (QED) is 0.258. The Morgan fingerprint density at radius 1 is 1.00 bits per heavy atom. The summed E-state index contributed by atoms with van der Waals surface area (Å²) >= 11 is 0.812. The van der Waals surface area contributed by atoms with Crippen LogP contribution in [0.15, 0.2) is 77.7 Å². The zero-order valence-electron chi connectivity index (χ0n) is 21.9. The Balaban J connectivity index is 1.38. The third kappa shape index (κ3) is 5.38. The SMILES string of the molecule is Cc1c(/C=C2\SC(=O)N(CC(=O)Nc3ccc(C(C)C)cc3)C2=O)c2ccccc2n1Cc1ccccc1F. The van der Waals surface area contributed by atoms with Crippen LogP contribution in [0.2, 0.25) is 0 Å². The highest BCUT2D eigenvalue weighted by Gasteiger charge is 2.36. The molecule has 4 aromatic rings. The molecule has 2 heterocycles. The molecule has 0 saturated carbocycles. The van der Waals surface area contributed by atoms with Gasteiger partial charge in [0.05, 0.1) is 11.4 Å². The van der Waals surface area contributed by atoms with Crippen LogP contribution >= 0.6 is 11.8 Å². The molecule has 0 aliphatic carbocycles. The van der Waals surface area contributed by atoms with Crippen LogP contribution in [0.1, 0.15) is 42.1 Å². The molecule has 3 aromatic carbocycles. The Hall–Kier alpha value is -4.17. The zero-order chi connectivity index (χ0) is 27.7. The lowest BCUT2D eigenvalue weighted by Gasteiger charge is -2.13. The van der Waals surface area contributed by atoms with E-state index in [4.69, 9.17) is 0 Å². The third-order valence-electron chi connectivity index (χ3n) is 6.88. The van der Waals surface area contributed by atoms with Crippen molar-refractivity contribution in [1.29, 1.82) is 0 Å². The van der Waals surface area contributed by atoms with E-state index in [0.717, 1.165) is 44.4 Å². The number of anilines is 1. The Kier molecular flexibility index (Phi) is 7.39. The van der Waals surface area contributed by atoms with Crippen LogP contribution in [0.5, 0.6) is 0 Å². The summed E-state index contributed by atoms with van der Waals surface area (Å²) in [6, 6.07) is 21.8. The highest BCUT2D eigenvalue weighted by atomic mass is 32.2. The van der Waals surface area contributed by atoms with Gasteiger partial charge in [-0.05, 0) is 60.5 Å². The highest BCUT2D eigenvalue weighted by molar-refractivity contribution is 8.18. The number of nitrogens with zero attached hydrogens (tertiary/aromatic N) is 2. The van der Waals surface area contributed by atoms with Crippen LogP contribution < -0.4 is 5.32 Å². The minimum atomic E-state index is -0.513. The van der Waals surface area contributed by atoms with E-state index >= 15 is 0 Å². The Labute approximate surface area is 230 Å². The van der Waals surface area contributed by atoms with Gasteiger partial charge >= 0.3 is 0 Å². The molecule has 1 aliphatic rings. The first-order valence-electron chi connectivity index (χ1n) is 12.7. The maximum atomic E-state index is 14.4. The van der Waals surface area contributed by atoms with E-state index in [2.05, 4.69) is 19.2 Å². The van der Waals surface area contributed by atoms with Gasteiger partial charge in [0.25, 0.3) is 11.1 Å². The van der Waals surface area contributed by atoms with Gasteiger partial charge in [0.15, 0.2) is 0 Å². The fourth-order valence-electron chi connectivity index (χ4n) is 4.70. The predicted octanol–water partition coefficient (Wildman–Crippen LogP) is 6.94. The summed E-state index contributed by atoms with van der Waals surface area (Å²) in [5.74, 6) is -0.880. The number of carbonyl (C=O) groups is 3. The molecule has 0 bridgehead atoms. The van der Waals surface area contributed by atoms with Crippen LogP contribution in [0.3, 0.4) is 0 Å². The molecule has 3 amide bonds. The number of nitrogens with one attached hydrogen (secondary N) is 1. The second-order valence-corrected chi connectivity index (χ2v) is 10.8. The summed E-state index contributed by atoms with van der Waals surface area (Å²) < 4.78 is 16.4. The minimum Gasteiger partial charge on any atom is -0.340 e. The predicted molar refractivity (Wildman–Crippen MR) is 154 cm³/mol. The molecule has 39 heavy (non-hydrogen) atoms. The molecular formula is C31H28FN3O3S. The van der Waals surface area contributed by atoms with Crippen molar-refractivity contribution in [2.75, 3.05) is 11.9 Å². The second kappa shape index (κ2) is 10.9. The smallest absolute Gasteiger partial charge is 0.294 e. The number of fused-ring (bicyclic) bond motifs is 1. The molecule has 1 N–H and O–H groups in total. The lowest BCUT2D eigenvalue weighted by atomic mass is 10.0. The summed E-state index contributed by atoms with van der Waals surface area (Å²) in [5.41, 5.74) is 4.82. The number of hydrogen-bond acceptors (Lipinski definition) is 4. The Morgan fingerprint density at radius 3 is 2.41 bits per heavy atom. The molecule has 1 aromatic heterocycles. The molecule has 0 unspecified atom stereocenters. The number of hydrogen-bond donors (Lipinski definition) is 1. The van der Waals surface area contributed by atoms with Crippen molar-refractivity contribution >= 4 is 51.5 Å². The molecular weight excluding hydrogens is 513 g/mol. The lowest BCUT2D eigenvalue weighted by molar-refractivity contribution is -0.127. The van der Waals surface area contributed by atoms with Crippen molar-refractivity contribution in [2.24, 2.45) is 0 Å². The molecule has 1 fully saturated rings. The van der Waals surface area contributed by atoms with Gasteiger partial charge in [0, 0.05) is 33.4 Å². The van der Waals surface area contributed by atoms with Crippen molar-refractivity contribution in [2.45, 2.75) is 33.2 Å². The van der Waals surface area contributed by atoms with E-state index in [-0.39, 0.29) is 17.3 Å². The summed E-state index contributed by atoms with van der Waals surface area (Å²) in [6.45, 7) is 6.04. The second-order valence-electron chi connectivity index (χ2n) is 9.79. The maximum Gasteiger partial charge on any atom is 0.294 e. The van der Waals surface area contributed by atoms with Gasteiger partial charge in [0.1, 0.15) is 12.4 Å². The van der Waals surface area contributed by atoms with Gasteiger partial charge in [-0.15, -0.1) is 0 Å². The van der Waals surface area contributed by atoms with Crippen LogP contribution in [0.4, 0.5) is 14.9 Å². The van der Waals surface area contributed by atoms with Crippen LogP contribution in [-0.2, 0) is 16.1 Å². The highest BCUT2D eigenvalue weighted by Crippen LogP contribution is 2.36. The van der Waals surface area contributed by atoms with Crippen LogP contribution in [0.25, 0.3) is 17.0 Å². The van der Waals surface area contributed by atoms with Crippen LogP contribution in [-0.4, -0.2) is 33.1 Å². The molecule has 8 heteroatoms. The van der Waals surface area contributed by atoms with E-state index < -0.39 is 17.1 Å². The Bertz CT molecular complexity index is 1620. The average molecular weight is 542 g/mol. The topological polar surface area (TPSA) is 71.4 Å². The average Bonchev–Trinajstić information content (AvgIpc) is 3.33. The fourth-order valence-corrected chi connectivity index (χ4v) is 5.52. The van der Waals surface area contributed by atoms with Crippen molar-refractivity contribution in [1.82, 2.24) is 9.47 Å². The first kappa shape index (κ1) is 26.4. The van der Waals surface area contributed by atoms with Gasteiger partial charge in [0.2, 0.25) is 5.91 Å². The number of aromatic nitrogens is 1. The van der Waals surface area contributed by atoms with Crippen molar-refractivity contribution in [3.8, 4) is 0 Å². The summed E-state index contributed by atoms with van der Waals surface area (Å²) in [4.78, 5) is 39.8. The molecule has 0 spiro atoms. The number of benzene rings is 3. The third-order valence-corrected chi connectivity index (χ3v) is 7.79. The fraction of sp³-hybridized carbons (Fsp3) is 0.194. The Morgan fingerprint density at radius 2 is 1.69 bits per heavy atom. The zero-order valence-corrected chi connectivity index (χ0v) is 22.7. The van der Waals surface area contributed by atoms with Gasteiger partial charge in [-0.2, -0.15) is 0 Å². The normalized spacial score (nSPS) is 14.7. The molecule has 1 saturated heterocycles. The number of thioether (sulfide) groups is 1. The number of rotatable bonds is 7. The minimum absolute atomic E-state index is 0.242. The number of para-hydroxylation sites is 1. The molecule has 0 radical (unpaired) electrons. The first-order valence-corrected chi connectivity index (χ1v) is 13.5. The maximum absolute atomic E-state index is 14.4. The van der Waals surface area contributed by atoms with E-state index in [9.17, 15) is 18.8 Å². The van der Waals surface area contributed by atoms with E-state index in [1.54, 1.807) is 36.4 Å². The van der Waals surface area contributed by atoms with E-state index in [0.29, 0.717) is 23.7 Å². The monoisotopic (exact) mass is 541 g/mol. The van der Waals surface area contributed by atoms with Crippen LogP contribution in [0, 0.1) is 12.7 Å². The van der Waals surface area contributed by atoms with E-state index in [1.165, 1.54) is 6.07 Å². The molecule has 1 aliphatic heterocycles. The number of carbonyl (C=O) groups excluding carboxylic acids is 3. The van der Waals surface area contributed by atoms with Crippen molar-refractivity contribution < 1.29 is 18.8 Å². The standard InChI is InChI=1S/C31H28FN3O3S/c1-19(2)21-12-14-23(15-13-21)33-29(36)18-35-30(37)28(39-31(35)38)16-25-20(3)34(27-11-7-5-9-24(25)27)17-22-8-4-6-10-26(22)32/h4-16,19H,17-18H2,1-3H3,(H,33,36)/b28-16-. The van der Waals surface area contributed by atoms with E-state index in [1.807, 2.05) is 47.9 Å². The summed E-state index contributed by atoms with van der Waals surface area (Å²) in [5, 5.41) is 3.15. The molecule has 6 nitrogen and oxygen atoms in total. The lowest BCUT2D eigenvalue weighted by Crippen LogP contribution is -2.36. The number of halogens is 1. The molecule has 0 atom stereocenters. The molecule has 5 rings (SSSR count). The van der Waals surface area contributed by atoms with Gasteiger partial charge in [-0.25, -0.2) is 4.39 Å². The summed E-state index contributed by atoms with van der Waals surface area (Å²) in [6.07, 6.45) is 1.70.